The fourth-order valence-electron chi connectivity index (χ4n) is 1.60. The largest absolute Gasteiger partial charge is 0.368 e. The zero-order valence-corrected chi connectivity index (χ0v) is 8.63. The summed E-state index contributed by atoms with van der Waals surface area (Å²) in [7, 11) is 0. The number of carbonyl (C=O) groups is 1. The summed E-state index contributed by atoms with van der Waals surface area (Å²) in [5, 5.41) is 0. The van der Waals surface area contributed by atoms with E-state index in [2.05, 4.69) is 21.5 Å². The quantitative estimate of drug-likeness (QED) is 0.654. The van der Waals surface area contributed by atoms with E-state index < -0.39 is 0 Å². The van der Waals surface area contributed by atoms with E-state index >= 15 is 0 Å². The third-order valence-corrected chi connectivity index (χ3v) is 2.39. The van der Waals surface area contributed by atoms with Crippen LogP contribution in [0, 0.1) is 5.92 Å². The van der Waals surface area contributed by atoms with Crippen LogP contribution in [0.3, 0.4) is 0 Å². The first kappa shape index (κ1) is 10.3. The van der Waals surface area contributed by atoms with Gasteiger partial charge in [0.15, 0.2) is 0 Å². The molecule has 1 aliphatic rings. The van der Waals surface area contributed by atoms with Crippen molar-refractivity contribution in [1.29, 1.82) is 0 Å². The topological polar surface area (TPSA) is 111 Å². The van der Waals surface area contributed by atoms with Crippen LogP contribution in [0.1, 0.15) is 6.42 Å². The molecule has 1 aromatic rings. The number of carbonyl (C=O) groups excluding carboxylic acids is 1. The van der Waals surface area contributed by atoms with Gasteiger partial charge in [-0.1, -0.05) is 6.08 Å². The predicted molar refractivity (Wildman–Crippen MR) is 59.3 cm³/mol. The fraction of sp³-hybridized carbons (Fsp3) is 0.333. The number of hydrogen-bond acceptors (Lipinski definition) is 6. The minimum atomic E-state index is -0.0603. The van der Waals surface area contributed by atoms with Crippen molar-refractivity contribution in [3.63, 3.8) is 0 Å². The molecule has 1 fully saturated rings. The van der Waals surface area contributed by atoms with Crippen molar-refractivity contribution in [3.8, 4) is 0 Å². The van der Waals surface area contributed by atoms with Gasteiger partial charge in [-0.25, -0.2) is 0 Å². The molecular weight excluding hydrogens is 208 g/mol. The van der Waals surface area contributed by atoms with Gasteiger partial charge in [-0.3, -0.25) is 9.69 Å². The number of hydrogen-bond donors (Lipinski definition) is 2. The van der Waals surface area contributed by atoms with E-state index in [0.717, 1.165) is 0 Å². The summed E-state index contributed by atoms with van der Waals surface area (Å²) >= 11 is 0. The van der Waals surface area contributed by atoms with Crippen molar-refractivity contribution in [3.05, 3.63) is 12.7 Å². The summed E-state index contributed by atoms with van der Waals surface area (Å²) in [5.41, 5.74) is 10.9. The smallest absolute Gasteiger partial charge is 0.238 e. The predicted octanol–water partition coefficient (Wildman–Crippen LogP) is -0.425. The van der Waals surface area contributed by atoms with Gasteiger partial charge in [-0.15, -0.1) is 6.58 Å². The number of aromatic nitrogens is 3. The molecule has 0 aliphatic carbocycles. The highest BCUT2D eigenvalue weighted by molar-refractivity contribution is 5.94. The molecule has 0 aromatic carbocycles. The first-order valence-corrected chi connectivity index (χ1v) is 4.80. The van der Waals surface area contributed by atoms with Crippen LogP contribution in [0.4, 0.5) is 17.8 Å². The Morgan fingerprint density at radius 2 is 1.94 bits per heavy atom. The summed E-state index contributed by atoms with van der Waals surface area (Å²) in [5.74, 6) is 0.288. The van der Waals surface area contributed by atoms with Crippen molar-refractivity contribution >= 4 is 23.8 Å². The Morgan fingerprint density at radius 3 is 2.44 bits per heavy atom. The maximum absolute atomic E-state index is 11.7. The number of nitrogens with two attached hydrogens (primary N) is 2. The Bertz CT molecular complexity index is 425. The maximum Gasteiger partial charge on any atom is 0.238 e. The van der Waals surface area contributed by atoms with Crippen molar-refractivity contribution in [2.45, 2.75) is 6.42 Å². The van der Waals surface area contributed by atoms with E-state index in [1.165, 1.54) is 4.90 Å². The summed E-state index contributed by atoms with van der Waals surface area (Å²) in [6.45, 7) is 4.16. The number of nitrogen functional groups attached to an aromatic ring is 2. The maximum atomic E-state index is 11.7. The molecule has 0 bridgehead atoms. The molecule has 2 heterocycles. The molecule has 0 spiro atoms. The molecule has 0 saturated carbocycles. The molecular formula is C9H12N6O. The van der Waals surface area contributed by atoms with Crippen LogP contribution < -0.4 is 16.4 Å². The Labute approximate surface area is 92.2 Å². The first-order chi connectivity index (χ1) is 7.60. The molecule has 1 unspecified atom stereocenters. The highest BCUT2D eigenvalue weighted by atomic mass is 16.2. The van der Waals surface area contributed by atoms with Crippen LogP contribution in [0.5, 0.6) is 0 Å². The molecule has 1 aromatic heterocycles. The van der Waals surface area contributed by atoms with E-state index in [1.54, 1.807) is 6.08 Å². The molecule has 4 N–H and O–H groups in total. The van der Waals surface area contributed by atoms with Gasteiger partial charge in [0.05, 0.1) is 0 Å². The second-order valence-corrected chi connectivity index (χ2v) is 3.56. The lowest BCUT2D eigenvalue weighted by atomic mass is 10.1. The molecule has 1 atom stereocenters. The third-order valence-electron chi connectivity index (χ3n) is 2.39. The van der Waals surface area contributed by atoms with Gasteiger partial charge >= 0.3 is 0 Å². The van der Waals surface area contributed by atoms with E-state index in [0.29, 0.717) is 13.0 Å². The van der Waals surface area contributed by atoms with Crippen LogP contribution in [0.2, 0.25) is 0 Å². The molecule has 7 nitrogen and oxygen atoms in total. The Hall–Kier alpha value is -2.18. The summed E-state index contributed by atoms with van der Waals surface area (Å²) in [6.07, 6.45) is 2.15. The van der Waals surface area contributed by atoms with Gasteiger partial charge in [0, 0.05) is 18.9 Å². The number of nitrogens with zero attached hydrogens (tertiary/aromatic N) is 4. The van der Waals surface area contributed by atoms with Crippen molar-refractivity contribution < 1.29 is 4.79 Å². The number of rotatable bonds is 2. The fourth-order valence-corrected chi connectivity index (χ4v) is 1.60. The van der Waals surface area contributed by atoms with Crippen molar-refractivity contribution in [2.24, 2.45) is 5.92 Å². The molecule has 84 valence electrons. The Kier molecular flexibility index (Phi) is 2.43. The highest BCUT2D eigenvalue weighted by Gasteiger charge is 2.30. The molecule has 1 amide bonds. The second kappa shape index (κ2) is 3.76. The number of anilines is 3. The first-order valence-electron chi connectivity index (χ1n) is 4.80. The highest BCUT2D eigenvalue weighted by Crippen LogP contribution is 2.23. The molecule has 1 saturated heterocycles. The summed E-state index contributed by atoms with van der Waals surface area (Å²) < 4.78 is 0. The van der Waals surface area contributed by atoms with Crippen LogP contribution in [-0.2, 0) is 4.79 Å². The lowest BCUT2D eigenvalue weighted by Gasteiger charge is -2.13. The minimum Gasteiger partial charge on any atom is -0.368 e. The van der Waals surface area contributed by atoms with Gasteiger partial charge in [-0.2, -0.15) is 15.0 Å². The molecule has 7 heteroatoms. The van der Waals surface area contributed by atoms with Gasteiger partial charge in [0.2, 0.25) is 23.8 Å². The molecule has 1 aliphatic heterocycles. The normalized spacial score (nSPS) is 20.1. The second-order valence-electron chi connectivity index (χ2n) is 3.56. The lowest BCUT2D eigenvalue weighted by molar-refractivity contribution is -0.117. The van der Waals surface area contributed by atoms with Gasteiger partial charge in [0.25, 0.3) is 0 Å². The zero-order chi connectivity index (χ0) is 11.7. The number of amides is 1. The molecule has 0 radical (unpaired) electrons. The van der Waals surface area contributed by atoms with Crippen molar-refractivity contribution in [2.75, 3.05) is 22.9 Å². The SMILES string of the molecule is C=CC1CC(=O)N(c2nc(N)nc(N)n2)C1. The van der Waals surface area contributed by atoms with E-state index in [9.17, 15) is 4.79 Å². The Morgan fingerprint density at radius 1 is 1.31 bits per heavy atom. The van der Waals surface area contributed by atoms with Gasteiger partial charge < -0.3 is 11.5 Å². The average molecular weight is 220 g/mol. The zero-order valence-electron chi connectivity index (χ0n) is 8.63. The van der Waals surface area contributed by atoms with Crippen LogP contribution in [-0.4, -0.2) is 27.4 Å². The minimum absolute atomic E-state index is 0.0114. The molecule has 16 heavy (non-hydrogen) atoms. The van der Waals surface area contributed by atoms with Crippen LogP contribution in [0.15, 0.2) is 12.7 Å². The standard InChI is InChI=1S/C9H12N6O/c1-2-5-3-6(16)15(4-5)9-13-7(10)12-8(11)14-9/h2,5H,1,3-4H2,(H4,10,11,12,13,14). The van der Waals surface area contributed by atoms with Gasteiger partial charge in [-0.05, 0) is 0 Å². The van der Waals surface area contributed by atoms with Crippen LogP contribution >= 0.6 is 0 Å². The summed E-state index contributed by atoms with van der Waals surface area (Å²) in [6, 6.07) is 0. The third kappa shape index (κ3) is 1.79. The monoisotopic (exact) mass is 220 g/mol. The van der Waals surface area contributed by atoms with Gasteiger partial charge in [0.1, 0.15) is 0 Å². The lowest BCUT2D eigenvalue weighted by Crippen LogP contribution is -2.27. The van der Waals surface area contributed by atoms with E-state index in [1.807, 2.05) is 0 Å². The molecule has 2 rings (SSSR count). The van der Waals surface area contributed by atoms with Crippen LogP contribution in [0.25, 0.3) is 0 Å². The summed E-state index contributed by atoms with van der Waals surface area (Å²) in [4.78, 5) is 24.5. The average Bonchev–Trinajstić information content (AvgIpc) is 2.58. The van der Waals surface area contributed by atoms with E-state index in [-0.39, 0.29) is 29.7 Å². The van der Waals surface area contributed by atoms with E-state index in [4.69, 9.17) is 11.5 Å². The van der Waals surface area contributed by atoms with Crippen molar-refractivity contribution in [1.82, 2.24) is 15.0 Å². The Balaban J connectivity index is 2.30.